The Kier molecular flexibility index (Phi) is 8.01. The minimum Gasteiger partial charge on any atom is -0.497 e. The second-order valence-electron chi connectivity index (χ2n) is 6.64. The molecule has 0 aliphatic carbocycles. The van der Waals surface area contributed by atoms with E-state index in [4.69, 9.17) is 25.8 Å². The summed E-state index contributed by atoms with van der Waals surface area (Å²) in [5.74, 6) is 1.57. The number of ether oxygens (including phenoxy) is 3. The lowest BCUT2D eigenvalue weighted by molar-refractivity contribution is -0.118. The molecule has 0 heterocycles. The summed E-state index contributed by atoms with van der Waals surface area (Å²) in [5, 5.41) is 6.82. The van der Waals surface area contributed by atoms with Crippen molar-refractivity contribution in [2.45, 2.75) is 13.5 Å². The summed E-state index contributed by atoms with van der Waals surface area (Å²) in [6.45, 7) is 2.87. The lowest BCUT2D eigenvalue weighted by atomic mass is 10.2. The van der Waals surface area contributed by atoms with Crippen LogP contribution in [-0.4, -0.2) is 26.2 Å². The number of hydrogen-bond donors (Lipinski definition) is 2. The summed E-state index contributed by atoms with van der Waals surface area (Å²) >= 11 is 5.92. The number of rotatable bonds is 10. The summed E-state index contributed by atoms with van der Waals surface area (Å²) in [6, 6.07) is 20.3. The van der Waals surface area contributed by atoms with Crippen molar-refractivity contribution in [3.05, 3.63) is 77.3 Å². The first-order chi connectivity index (χ1) is 15.1. The van der Waals surface area contributed by atoms with Crippen LogP contribution in [0.1, 0.15) is 12.5 Å². The van der Waals surface area contributed by atoms with Gasteiger partial charge in [0.15, 0.2) is 18.1 Å². The summed E-state index contributed by atoms with van der Waals surface area (Å²) < 4.78 is 16.5. The molecule has 0 aliphatic rings. The molecular weight excluding hydrogens is 416 g/mol. The molecule has 3 aromatic rings. The first kappa shape index (κ1) is 22.3. The van der Waals surface area contributed by atoms with Crippen LogP contribution in [0.15, 0.2) is 66.7 Å². The first-order valence-corrected chi connectivity index (χ1v) is 10.3. The van der Waals surface area contributed by atoms with Gasteiger partial charge < -0.3 is 24.8 Å². The van der Waals surface area contributed by atoms with E-state index in [2.05, 4.69) is 10.6 Å². The highest BCUT2D eigenvalue weighted by molar-refractivity contribution is 6.30. The molecule has 0 spiro atoms. The molecule has 7 heteroatoms. The highest BCUT2D eigenvalue weighted by Crippen LogP contribution is 2.29. The van der Waals surface area contributed by atoms with Crippen LogP contribution in [-0.2, 0) is 11.3 Å². The minimum absolute atomic E-state index is 0.130. The maximum atomic E-state index is 12.2. The number of benzene rings is 3. The molecule has 0 aliphatic heterocycles. The summed E-state index contributed by atoms with van der Waals surface area (Å²) in [5.41, 5.74) is 2.66. The Morgan fingerprint density at radius 2 is 1.61 bits per heavy atom. The third-order valence-electron chi connectivity index (χ3n) is 4.38. The Hall–Kier alpha value is -3.38. The Balaban J connectivity index is 1.57. The van der Waals surface area contributed by atoms with Crippen molar-refractivity contribution in [1.82, 2.24) is 0 Å². The molecule has 0 aromatic heterocycles. The second-order valence-corrected chi connectivity index (χ2v) is 7.08. The lowest BCUT2D eigenvalue weighted by Gasteiger charge is -2.14. The fourth-order valence-corrected chi connectivity index (χ4v) is 2.96. The highest BCUT2D eigenvalue weighted by Gasteiger charge is 2.10. The van der Waals surface area contributed by atoms with Crippen molar-refractivity contribution in [2.24, 2.45) is 0 Å². The molecule has 6 nitrogen and oxygen atoms in total. The van der Waals surface area contributed by atoms with Gasteiger partial charge >= 0.3 is 0 Å². The molecular formula is C24H25ClN2O4. The predicted molar refractivity (Wildman–Crippen MR) is 124 cm³/mol. The third kappa shape index (κ3) is 6.83. The number of carbonyl (C=O) groups excluding carboxylic acids is 1. The molecule has 0 fully saturated rings. The van der Waals surface area contributed by atoms with Gasteiger partial charge in [-0.25, -0.2) is 0 Å². The maximum Gasteiger partial charge on any atom is 0.262 e. The van der Waals surface area contributed by atoms with Crippen LogP contribution in [0, 0.1) is 0 Å². The maximum absolute atomic E-state index is 12.2. The number of hydrogen-bond acceptors (Lipinski definition) is 5. The van der Waals surface area contributed by atoms with Crippen LogP contribution in [0.25, 0.3) is 0 Å². The molecule has 1 amide bonds. The smallest absolute Gasteiger partial charge is 0.262 e. The molecule has 0 atom stereocenters. The molecule has 0 bridgehead atoms. The molecule has 2 N–H and O–H groups in total. The Labute approximate surface area is 187 Å². The number of nitrogens with one attached hydrogen (secondary N) is 2. The molecule has 0 unspecified atom stereocenters. The van der Waals surface area contributed by atoms with Crippen LogP contribution >= 0.6 is 11.6 Å². The van der Waals surface area contributed by atoms with Crippen LogP contribution < -0.4 is 24.8 Å². The number of anilines is 2. The summed E-state index contributed by atoms with van der Waals surface area (Å²) in [7, 11) is 1.59. The zero-order valence-electron chi connectivity index (χ0n) is 17.5. The van der Waals surface area contributed by atoms with Gasteiger partial charge in [0.1, 0.15) is 5.75 Å². The lowest BCUT2D eigenvalue weighted by Crippen LogP contribution is -2.20. The summed E-state index contributed by atoms with van der Waals surface area (Å²) in [6.07, 6.45) is 0. The first-order valence-electron chi connectivity index (χ1n) is 9.89. The second kappa shape index (κ2) is 11.1. The van der Waals surface area contributed by atoms with Crippen molar-refractivity contribution in [3.63, 3.8) is 0 Å². The van der Waals surface area contributed by atoms with E-state index in [0.717, 1.165) is 17.0 Å². The molecule has 31 heavy (non-hydrogen) atoms. The minimum atomic E-state index is -0.263. The van der Waals surface area contributed by atoms with E-state index in [1.54, 1.807) is 31.4 Å². The predicted octanol–water partition coefficient (Wildman–Crippen LogP) is 5.38. The summed E-state index contributed by atoms with van der Waals surface area (Å²) in [4.78, 5) is 12.2. The van der Waals surface area contributed by atoms with Crippen LogP contribution in [0.4, 0.5) is 11.4 Å². The van der Waals surface area contributed by atoms with Crippen LogP contribution in [0.3, 0.4) is 0 Å². The fraction of sp³-hybridized carbons (Fsp3) is 0.208. The van der Waals surface area contributed by atoms with E-state index in [1.807, 2.05) is 49.4 Å². The number of halogens is 1. The Bertz CT molecular complexity index is 991. The fourth-order valence-electron chi connectivity index (χ4n) is 2.84. The Morgan fingerprint density at radius 1 is 0.903 bits per heavy atom. The zero-order chi connectivity index (χ0) is 22.1. The van der Waals surface area contributed by atoms with Gasteiger partial charge in [0.25, 0.3) is 5.91 Å². The molecule has 0 radical (unpaired) electrons. The van der Waals surface area contributed by atoms with Crippen molar-refractivity contribution in [1.29, 1.82) is 0 Å². The number of carbonyl (C=O) groups is 1. The normalized spacial score (nSPS) is 10.3. The van der Waals surface area contributed by atoms with Gasteiger partial charge in [0.05, 0.1) is 13.7 Å². The van der Waals surface area contributed by atoms with Crippen LogP contribution in [0.5, 0.6) is 17.2 Å². The van der Waals surface area contributed by atoms with E-state index < -0.39 is 0 Å². The monoisotopic (exact) mass is 440 g/mol. The van der Waals surface area contributed by atoms with Crippen LogP contribution in [0.2, 0.25) is 5.02 Å². The zero-order valence-corrected chi connectivity index (χ0v) is 18.2. The van der Waals surface area contributed by atoms with E-state index in [9.17, 15) is 4.79 Å². The van der Waals surface area contributed by atoms with Crippen molar-refractivity contribution in [3.8, 4) is 17.2 Å². The van der Waals surface area contributed by atoms with Gasteiger partial charge in [-0.2, -0.15) is 0 Å². The molecule has 0 saturated carbocycles. The van der Waals surface area contributed by atoms with E-state index in [-0.39, 0.29) is 12.5 Å². The number of methoxy groups -OCH3 is 1. The Morgan fingerprint density at radius 3 is 2.29 bits per heavy atom. The van der Waals surface area contributed by atoms with Gasteiger partial charge in [0.2, 0.25) is 0 Å². The van der Waals surface area contributed by atoms with Gasteiger partial charge in [-0.1, -0.05) is 17.7 Å². The quantitative estimate of drug-likeness (QED) is 0.443. The van der Waals surface area contributed by atoms with Gasteiger partial charge in [-0.3, -0.25) is 4.79 Å². The largest absolute Gasteiger partial charge is 0.497 e. The molecule has 3 aromatic carbocycles. The van der Waals surface area contributed by atoms with Crippen molar-refractivity contribution in [2.75, 3.05) is 31.0 Å². The van der Waals surface area contributed by atoms with Gasteiger partial charge in [0, 0.05) is 22.9 Å². The molecule has 162 valence electrons. The van der Waals surface area contributed by atoms with E-state index in [0.29, 0.717) is 35.4 Å². The van der Waals surface area contributed by atoms with Gasteiger partial charge in [-0.15, -0.1) is 0 Å². The average molecular weight is 441 g/mol. The molecule has 0 saturated heterocycles. The third-order valence-corrected chi connectivity index (χ3v) is 4.63. The van der Waals surface area contributed by atoms with Gasteiger partial charge in [-0.05, 0) is 73.2 Å². The van der Waals surface area contributed by atoms with Crippen molar-refractivity contribution >= 4 is 28.9 Å². The van der Waals surface area contributed by atoms with Crippen molar-refractivity contribution < 1.29 is 19.0 Å². The highest BCUT2D eigenvalue weighted by atomic mass is 35.5. The van der Waals surface area contributed by atoms with E-state index >= 15 is 0 Å². The SMILES string of the molecule is CCOc1cc(CNc2ccc(Cl)cc2)ccc1OCC(=O)Nc1ccc(OC)cc1. The number of amides is 1. The standard InChI is InChI=1S/C24H25ClN2O4/c1-3-30-23-14-17(15-26-19-7-5-18(25)6-8-19)4-13-22(23)31-16-24(28)27-20-9-11-21(29-2)12-10-20/h4-14,26H,3,15-16H2,1-2H3,(H,27,28). The van der Waals surface area contributed by atoms with E-state index in [1.165, 1.54) is 0 Å². The topological polar surface area (TPSA) is 68.8 Å². The molecule has 3 rings (SSSR count). The average Bonchev–Trinajstić information content (AvgIpc) is 2.79.